The second kappa shape index (κ2) is 19.4. The summed E-state index contributed by atoms with van der Waals surface area (Å²) in [6.45, 7) is 3.88. The smallest absolute Gasteiger partial charge is 0.752 e. The van der Waals surface area contributed by atoms with Crippen molar-refractivity contribution in [2.45, 2.75) is 25.4 Å². The van der Waals surface area contributed by atoms with Crippen molar-refractivity contribution in [3.8, 4) is 0 Å². The molecule has 2 heterocycles. The van der Waals surface area contributed by atoms with E-state index in [0.717, 1.165) is 34.1 Å². The number of nitrogens with zero attached hydrogens (tertiary/aromatic N) is 4. The van der Waals surface area contributed by atoms with Gasteiger partial charge in [0.05, 0.1) is 11.4 Å². The maximum absolute atomic E-state index is 5.19. The average Bonchev–Trinajstić information content (AvgIpc) is 3.69. The molecule has 0 aliphatic carbocycles. The Balaban J connectivity index is 0.000000267. The molecule has 4 rings (SSSR count). The van der Waals surface area contributed by atoms with E-state index in [0.29, 0.717) is 8.75 Å². The summed E-state index contributed by atoms with van der Waals surface area (Å²) < 4.78 is 1.14. The standard InChI is InChI=1S/2C14H14N2S3.Zn/c2*1-11(13-7-8-18-10-13)15-16-14(17)19-9-12-5-3-2-4-6-12;/h2*2-8,10H,9H2,1H3,(H,16,17);/q;;+2/p-2/b2*15-11+;. The molecule has 11 heteroatoms. The molecule has 0 aliphatic heterocycles. The Kier molecular flexibility index (Phi) is 16.6. The quantitative estimate of drug-likeness (QED) is 0.0617. The molecule has 196 valence electrons. The Morgan fingerprint density at radius 1 is 0.615 bits per heavy atom. The van der Waals surface area contributed by atoms with Crippen LogP contribution in [0.5, 0.6) is 0 Å². The van der Waals surface area contributed by atoms with Crippen LogP contribution in [-0.4, -0.2) is 20.2 Å². The van der Waals surface area contributed by atoms with Crippen molar-refractivity contribution in [3.05, 3.63) is 117 Å². The number of hydrogen-bond acceptors (Lipinski definition) is 10. The molecule has 2 aromatic heterocycles. The summed E-state index contributed by atoms with van der Waals surface area (Å²) in [6, 6.07) is 24.5. The molecule has 0 N–H and O–H groups in total. The number of thioether (sulfide) groups is 2. The Labute approximate surface area is 271 Å². The summed E-state index contributed by atoms with van der Waals surface area (Å²) in [6.07, 6.45) is 0. The predicted octanol–water partition coefficient (Wildman–Crippen LogP) is 8.61. The van der Waals surface area contributed by atoms with E-state index in [2.05, 4.69) is 55.4 Å². The summed E-state index contributed by atoms with van der Waals surface area (Å²) in [7, 11) is 0. The van der Waals surface area contributed by atoms with Gasteiger partial charge in [0.25, 0.3) is 0 Å². The van der Waals surface area contributed by atoms with Gasteiger partial charge >= 0.3 is 19.5 Å². The minimum Gasteiger partial charge on any atom is -0.752 e. The second-order valence-electron chi connectivity index (χ2n) is 7.68. The normalized spacial score (nSPS) is 12.4. The monoisotopic (exact) mass is 674 g/mol. The van der Waals surface area contributed by atoms with Crippen molar-refractivity contribution in [1.29, 1.82) is 0 Å². The van der Waals surface area contributed by atoms with Crippen LogP contribution in [0.2, 0.25) is 0 Å². The molecule has 0 bridgehead atoms. The third-order valence-electron chi connectivity index (χ3n) is 4.85. The van der Waals surface area contributed by atoms with E-state index in [1.54, 1.807) is 22.7 Å². The Hall–Kier alpha value is -1.72. The Morgan fingerprint density at radius 2 is 1.00 bits per heavy atom. The number of thiophene rings is 2. The fourth-order valence-electron chi connectivity index (χ4n) is 2.78. The Bertz CT molecular complexity index is 1230. The maximum atomic E-state index is 5.19. The van der Waals surface area contributed by atoms with Crippen LogP contribution in [0.4, 0.5) is 0 Å². The van der Waals surface area contributed by atoms with Gasteiger partial charge in [-0.25, -0.2) is 0 Å². The van der Waals surface area contributed by atoms with E-state index in [1.165, 1.54) is 34.7 Å². The molecule has 4 aromatic rings. The van der Waals surface area contributed by atoms with Crippen LogP contribution in [-0.2, 0) is 56.2 Å². The molecule has 0 fully saturated rings. The van der Waals surface area contributed by atoms with Gasteiger partial charge in [-0.05, 0) is 67.4 Å². The average molecular weight is 676 g/mol. The number of rotatable bonds is 8. The molecule has 0 saturated carbocycles. The fraction of sp³-hybridized carbons (Fsp3) is 0.143. The van der Waals surface area contributed by atoms with Crippen molar-refractivity contribution in [1.82, 2.24) is 0 Å². The van der Waals surface area contributed by atoms with Crippen LogP contribution in [0.1, 0.15) is 36.1 Å². The summed E-state index contributed by atoms with van der Waals surface area (Å²) in [5, 5.41) is 24.6. The van der Waals surface area contributed by atoms with Crippen molar-refractivity contribution >= 4 is 91.6 Å². The molecule has 0 atom stereocenters. The molecule has 0 aliphatic rings. The number of benzene rings is 2. The van der Waals surface area contributed by atoms with Crippen LogP contribution in [0, 0.1) is 0 Å². The predicted molar refractivity (Wildman–Crippen MR) is 178 cm³/mol. The van der Waals surface area contributed by atoms with Crippen LogP contribution in [0.3, 0.4) is 0 Å². The van der Waals surface area contributed by atoms with E-state index < -0.39 is 0 Å². The molecule has 0 radical (unpaired) electrons. The first-order valence-corrected chi connectivity index (χ1v) is 16.2. The zero-order valence-electron chi connectivity index (χ0n) is 21.6. The zero-order valence-corrected chi connectivity index (χ0v) is 29.5. The zero-order chi connectivity index (χ0) is 27.0. The first-order valence-electron chi connectivity index (χ1n) is 11.5. The topological polar surface area (TPSA) is 49.4 Å². The van der Waals surface area contributed by atoms with Gasteiger partial charge in [0.15, 0.2) is 0 Å². The molecule has 2 aromatic carbocycles. The molecular weight excluding hydrogens is 650 g/mol. The second-order valence-corrected chi connectivity index (χ2v) is 12.5. The van der Waals surface area contributed by atoms with E-state index in [4.69, 9.17) is 25.3 Å². The van der Waals surface area contributed by atoms with Gasteiger partial charge in [-0.3, -0.25) is 0 Å². The van der Waals surface area contributed by atoms with Crippen LogP contribution in [0.25, 0.3) is 0 Å². The third-order valence-corrected chi connectivity index (χ3v) is 8.70. The first kappa shape index (κ1) is 33.5. The van der Waals surface area contributed by atoms with Crippen LogP contribution < -0.4 is 0 Å². The SMILES string of the molecule is C/C(=N\N=C(/[S-])SCc1ccccc1)c1ccsc1.C/C(=N\N=C(/[S-])SCc1ccccc1)c1ccsc1.[Zn+2]. The van der Waals surface area contributed by atoms with E-state index in [1.807, 2.05) is 73.1 Å². The molecule has 0 amide bonds. The van der Waals surface area contributed by atoms with E-state index in [9.17, 15) is 0 Å². The van der Waals surface area contributed by atoms with Gasteiger partial charge < -0.3 is 25.3 Å². The van der Waals surface area contributed by atoms with Gasteiger partial charge in [0.2, 0.25) is 0 Å². The van der Waals surface area contributed by atoms with Crippen molar-refractivity contribution in [3.63, 3.8) is 0 Å². The number of hydrogen-bond donors (Lipinski definition) is 0. The minimum atomic E-state index is 0. The largest absolute Gasteiger partial charge is 2.00 e. The van der Waals surface area contributed by atoms with Gasteiger partial charge in [-0.15, -0.1) is 23.5 Å². The maximum Gasteiger partial charge on any atom is 2.00 e. The summed E-state index contributed by atoms with van der Waals surface area (Å²) in [4.78, 5) is 0. The van der Waals surface area contributed by atoms with Crippen molar-refractivity contribution in [2.75, 3.05) is 0 Å². The minimum absolute atomic E-state index is 0. The fourth-order valence-corrected chi connectivity index (χ4v) is 5.78. The van der Waals surface area contributed by atoms with Crippen LogP contribution in [0.15, 0.2) is 115 Å². The summed E-state index contributed by atoms with van der Waals surface area (Å²) >= 11 is 16.7. The first-order chi connectivity index (χ1) is 18.5. The van der Waals surface area contributed by atoms with Gasteiger partial charge in [-0.2, -0.15) is 43.1 Å². The van der Waals surface area contributed by atoms with E-state index in [-0.39, 0.29) is 19.5 Å². The van der Waals surface area contributed by atoms with Gasteiger partial charge in [0, 0.05) is 22.6 Å². The Morgan fingerprint density at radius 3 is 1.33 bits per heavy atom. The molecular formula is C28H26N4S6Zn. The molecule has 0 unspecified atom stereocenters. The van der Waals surface area contributed by atoms with Crippen LogP contribution >= 0.6 is 46.2 Å². The van der Waals surface area contributed by atoms with Gasteiger partial charge in [-0.1, -0.05) is 60.7 Å². The third kappa shape index (κ3) is 13.5. The van der Waals surface area contributed by atoms with Crippen molar-refractivity contribution in [2.24, 2.45) is 20.4 Å². The van der Waals surface area contributed by atoms with Crippen molar-refractivity contribution < 1.29 is 19.5 Å². The molecule has 0 saturated heterocycles. The molecule has 0 spiro atoms. The van der Waals surface area contributed by atoms with E-state index >= 15 is 0 Å². The van der Waals surface area contributed by atoms with Gasteiger partial charge in [0.1, 0.15) is 0 Å². The summed E-state index contributed by atoms with van der Waals surface area (Å²) in [5.74, 6) is 1.66. The molecule has 4 nitrogen and oxygen atoms in total. The molecule has 39 heavy (non-hydrogen) atoms. The summed E-state index contributed by atoms with van der Waals surface area (Å²) in [5.41, 5.74) is 6.47.